The Bertz CT molecular complexity index is 649. The molecule has 1 aromatic heterocycles. The summed E-state index contributed by atoms with van der Waals surface area (Å²) in [6, 6.07) is 4.29. The number of aliphatic hydroxyl groups is 1. The van der Waals surface area contributed by atoms with E-state index in [2.05, 4.69) is 37.9 Å². The van der Waals surface area contributed by atoms with Gasteiger partial charge in [-0.05, 0) is 49.2 Å². The van der Waals surface area contributed by atoms with Crippen LogP contribution < -0.4 is 0 Å². The van der Waals surface area contributed by atoms with Crippen LogP contribution in [0, 0.1) is 13.8 Å². The number of aromatic nitrogens is 1. The van der Waals surface area contributed by atoms with E-state index >= 15 is 0 Å². The lowest BCUT2D eigenvalue weighted by Gasteiger charge is -2.27. The molecule has 1 aliphatic heterocycles. The fourth-order valence-electron chi connectivity index (χ4n) is 3.18. The van der Waals surface area contributed by atoms with Gasteiger partial charge in [0.15, 0.2) is 0 Å². The predicted octanol–water partition coefficient (Wildman–Crippen LogP) is 2.33. The molecule has 3 heteroatoms. The van der Waals surface area contributed by atoms with Crippen molar-refractivity contribution >= 4 is 10.9 Å². The Kier molecular flexibility index (Phi) is 3.03. The van der Waals surface area contributed by atoms with Crippen molar-refractivity contribution in [3.8, 4) is 0 Å². The van der Waals surface area contributed by atoms with Crippen molar-refractivity contribution in [1.29, 1.82) is 0 Å². The normalized spacial score (nSPS) is 15.8. The molecule has 2 heterocycles. The molecule has 0 spiro atoms. The smallest absolute Gasteiger partial charge is 0.0714 e. The van der Waals surface area contributed by atoms with E-state index < -0.39 is 0 Å². The minimum absolute atomic E-state index is 0.0963. The summed E-state index contributed by atoms with van der Waals surface area (Å²) >= 11 is 0. The van der Waals surface area contributed by atoms with Crippen LogP contribution in [-0.2, 0) is 19.6 Å². The van der Waals surface area contributed by atoms with Crippen LogP contribution in [0.4, 0.5) is 0 Å². The molecule has 0 saturated carbocycles. The number of aliphatic hydroxyl groups excluding tert-OH is 1. The van der Waals surface area contributed by atoms with E-state index in [1.54, 1.807) is 0 Å². The van der Waals surface area contributed by atoms with Gasteiger partial charge in [-0.15, -0.1) is 0 Å². The standard InChI is InChI=1S/C16H20N2O/c1-10-6-11(2)16-13(9-19)12-8-18(3)5-4-14(12)17-15(16)7-10/h6-7,19H,4-5,8-9H2,1-3H3. The molecule has 3 rings (SSSR count). The van der Waals surface area contributed by atoms with Gasteiger partial charge >= 0.3 is 0 Å². The van der Waals surface area contributed by atoms with Crippen molar-refractivity contribution < 1.29 is 5.11 Å². The van der Waals surface area contributed by atoms with Crippen molar-refractivity contribution in [2.45, 2.75) is 33.4 Å². The molecule has 0 atom stereocenters. The maximum absolute atomic E-state index is 9.83. The third kappa shape index (κ3) is 2.03. The van der Waals surface area contributed by atoms with E-state index in [9.17, 15) is 5.11 Å². The van der Waals surface area contributed by atoms with Crippen molar-refractivity contribution in [2.24, 2.45) is 0 Å². The van der Waals surface area contributed by atoms with Crippen LogP contribution in [0.1, 0.15) is 27.9 Å². The highest BCUT2D eigenvalue weighted by Crippen LogP contribution is 2.30. The summed E-state index contributed by atoms with van der Waals surface area (Å²) in [5.41, 5.74) is 6.95. The Morgan fingerprint density at radius 2 is 2.11 bits per heavy atom. The first-order chi connectivity index (χ1) is 9.10. The summed E-state index contributed by atoms with van der Waals surface area (Å²) in [7, 11) is 2.12. The van der Waals surface area contributed by atoms with Gasteiger partial charge in [0.1, 0.15) is 0 Å². The fraction of sp³-hybridized carbons (Fsp3) is 0.438. The zero-order valence-electron chi connectivity index (χ0n) is 11.8. The van der Waals surface area contributed by atoms with Gasteiger partial charge in [0, 0.05) is 30.6 Å². The first-order valence-electron chi connectivity index (χ1n) is 6.81. The average Bonchev–Trinajstić information content (AvgIpc) is 2.36. The lowest BCUT2D eigenvalue weighted by Crippen LogP contribution is -2.28. The monoisotopic (exact) mass is 256 g/mol. The molecule has 2 aromatic rings. The maximum atomic E-state index is 9.83. The molecule has 19 heavy (non-hydrogen) atoms. The molecule has 0 amide bonds. The summed E-state index contributed by atoms with van der Waals surface area (Å²) < 4.78 is 0. The minimum Gasteiger partial charge on any atom is -0.392 e. The number of benzene rings is 1. The fourth-order valence-corrected chi connectivity index (χ4v) is 3.18. The van der Waals surface area contributed by atoms with Crippen LogP contribution in [0.5, 0.6) is 0 Å². The maximum Gasteiger partial charge on any atom is 0.0714 e. The molecule has 0 aliphatic carbocycles. The summed E-state index contributed by atoms with van der Waals surface area (Å²) in [4.78, 5) is 7.13. The zero-order valence-corrected chi connectivity index (χ0v) is 11.8. The molecule has 0 radical (unpaired) electrons. The van der Waals surface area contributed by atoms with Gasteiger partial charge in [-0.25, -0.2) is 0 Å². The molecule has 0 saturated heterocycles. The number of pyridine rings is 1. The van der Waals surface area contributed by atoms with E-state index in [-0.39, 0.29) is 6.61 Å². The molecule has 0 bridgehead atoms. The van der Waals surface area contributed by atoms with Crippen molar-refractivity contribution in [2.75, 3.05) is 13.6 Å². The summed E-state index contributed by atoms with van der Waals surface area (Å²) in [6.07, 6.45) is 0.974. The summed E-state index contributed by atoms with van der Waals surface area (Å²) in [6.45, 7) is 6.23. The van der Waals surface area contributed by atoms with Crippen LogP contribution in [-0.4, -0.2) is 28.6 Å². The summed E-state index contributed by atoms with van der Waals surface area (Å²) in [5, 5.41) is 11.0. The Morgan fingerprint density at radius 3 is 2.84 bits per heavy atom. The molecule has 3 nitrogen and oxygen atoms in total. The topological polar surface area (TPSA) is 36.4 Å². The molecular formula is C16H20N2O. The second-order valence-electron chi connectivity index (χ2n) is 5.64. The van der Waals surface area contributed by atoms with Crippen LogP contribution in [0.15, 0.2) is 12.1 Å². The van der Waals surface area contributed by atoms with Gasteiger partial charge in [0.25, 0.3) is 0 Å². The lowest BCUT2D eigenvalue weighted by molar-refractivity contribution is 0.271. The third-order valence-corrected chi connectivity index (χ3v) is 4.05. The Hall–Kier alpha value is -1.45. The third-order valence-electron chi connectivity index (χ3n) is 4.05. The minimum atomic E-state index is 0.0963. The van der Waals surface area contributed by atoms with E-state index in [0.717, 1.165) is 36.0 Å². The first kappa shape index (κ1) is 12.6. The summed E-state index contributed by atoms with van der Waals surface area (Å²) in [5.74, 6) is 0. The van der Waals surface area contributed by atoms with Gasteiger partial charge in [-0.3, -0.25) is 4.98 Å². The molecule has 1 aliphatic rings. The second-order valence-corrected chi connectivity index (χ2v) is 5.64. The van der Waals surface area contributed by atoms with Gasteiger partial charge in [0.2, 0.25) is 0 Å². The van der Waals surface area contributed by atoms with E-state index in [0.29, 0.717) is 0 Å². The highest BCUT2D eigenvalue weighted by Gasteiger charge is 2.21. The van der Waals surface area contributed by atoms with Crippen LogP contribution in [0.2, 0.25) is 0 Å². The van der Waals surface area contributed by atoms with Crippen molar-refractivity contribution in [3.63, 3.8) is 0 Å². The molecule has 0 fully saturated rings. The van der Waals surface area contributed by atoms with Gasteiger partial charge in [-0.1, -0.05) is 6.07 Å². The van der Waals surface area contributed by atoms with E-state index in [1.165, 1.54) is 22.4 Å². The first-order valence-corrected chi connectivity index (χ1v) is 6.81. The number of fused-ring (bicyclic) bond motifs is 2. The highest BCUT2D eigenvalue weighted by atomic mass is 16.3. The zero-order chi connectivity index (χ0) is 13.6. The quantitative estimate of drug-likeness (QED) is 0.850. The Balaban J connectivity index is 2.36. The van der Waals surface area contributed by atoms with Crippen LogP contribution in [0.25, 0.3) is 10.9 Å². The van der Waals surface area contributed by atoms with Gasteiger partial charge < -0.3 is 10.0 Å². The predicted molar refractivity (Wildman–Crippen MR) is 77.2 cm³/mol. The molecule has 0 unspecified atom stereocenters. The number of likely N-dealkylation sites (N-methyl/N-ethyl adjacent to an activating group) is 1. The highest BCUT2D eigenvalue weighted by molar-refractivity contribution is 5.87. The lowest BCUT2D eigenvalue weighted by atomic mass is 9.93. The van der Waals surface area contributed by atoms with E-state index in [4.69, 9.17) is 4.98 Å². The second kappa shape index (κ2) is 4.58. The number of rotatable bonds is 1. The molecular weight excluding hydrogens is 236 g/mol. The Labute approximate surface area is 113 Å². The number of hydrogen-bond donors (Lipinski definition) is 1. The van der Waals surface area contributed by atoms with Crippen molar-refractivity contribution in [1.82, 2.24) is 9.88 Å². The Morgan fingerprint density at radius 1 is 1.32 bits per heavy atom. The number of nitrogens with zero attached hydrogens (tertiary/aromatic N) is 2. The molecule has 1 N–H and O–H groups in total. The van der Waals surface area contributed by atoms with Crippen LogP contribution >= 0.6 is 0 Å². The largest absolute Gasteiger partial charge is 0.392 e. The molecule has 1 aromatic carbocycles. The van der Waals surface area contributed by atoms with Crippen LogP contribution in [0.3, 0.4) is 0 Å². The van der Waals surface area contributed by atoms with E-state index in [1.807, 2.05) is 0 Å². The number of hydrogen-bond acceptors (Lipinski definition) is 3. The average molecular weight is 256 g/mol. The van der Waals surface area contributed by atoms with Gasteiger partial charge in [0.05, 0.1) is 12.1 Å². The SMILES string of the molecule is Cc1cc(C)c2c(CO)c3c(nc2c1)CCN(C)C3. The number of aryl methyl sites for hydroxylation is 2. The molecule has 100 valence electrons. The van der Waals surface area contributed by atoms with Crippen molar-refractivity contribution in [3.05, 3.63) is 40.1 Å². The van der Waals surface area contributed by atoms with Gasteiger partial charge in [-0.2, -0.15) is 0 Å².